The van der Waals surface area contributed by atoms with Crippen molar-refractivity contribution in [2.75, 3.05) is 73.7 Å². The quantitative estimate of drug-likeness (QED) is 0.334. The van der Waals surface area contributed by atoms with Gasteiger partial charge >= 0.3 is 0 Å². The molecule has 0 aliphatic carbocycles. The van der Waals surface area contributed by atoms with Gasteiger partial charge in [0, 0.05) is 57.5 Å². The first-order valence-electron chi connectivity index (χ1n) is 9.42. The Morgan fingerprint density at radius 2 is 1.65 bits per heavy atom. The number of rotatable bonds is 6. The summed E-state index contributed by atoms with van der Waals surface area (Å²) in [4.78, 5) is 9.22. The molecule has 8 heteroatoms. The second-order valence-electron chi connectivity index (χ2n) is 7.92. The number of morpholine rings is 1. The van der Waals surface area contributed by atoms with Crippen molar-refractivity contribution in [3.05, 3.63) is 0 Å². The fourth-order valence-electron chi connectivity index (χ4n) is 3.58. The number of guanidine groups is 1. The lowest BCUT2D eigenvalue weighted by Gasteiger charge is -2.43. The van der Waals surface area contributed by atoms with Gasteiger partial charge < -0.3 is 25.0 Å². The largest absolute Gasteiger partial charge is 0.381 e. The predicted octanol–water partition coefficient (Wildman–Crippen LogP) is 0.991. The normalized spacial score (nSPS) is 22.0. The van der Waals surface area contributed by atoms with E-state index in [9.17, 15) is 0 Å². The molecule has 26 heavy (non-hydrogen) atoms. The molecular formula is C18H38IN5O2. The van der Waals surface area contributed by atoms with Crippen molar-refractivity contribution in [1.29, 1.82) is 0 Å². The Morgan fingerprint density at radius 1 is 1.08 bits per heavy atom. The molecule has 0 unspecified atom stereocenters. The van der Waals surface area contributed by atoms with Crippen molar-refractivity contribution in [3.8, 4) is 0 Å². The lowest BCUT2D eigenvalue weighted by atomic mass is 9.88. The Morgan fingerprint density at radius 3 is 2.19 bits per heavy atom. The molecule has 0 aromatic rings. The number of aliphatic imine (C=N–C) groups is 1. The zero-order valence-electron chi connectivity index (χ0n) is 17.1. The van der Waals surface area contributed by atoms with E-state index in [1.54, 1.807) is 0 Å². The molecule has 7 nitrogen and oxygen atoms in total. The Kier molecular flexibility index (Phi) is 10.1. The first-order valence-corrected chi connectivity index (χ1v) is 9.42. The fraction of sp³-hybridized carbons (Fsp3) is 0.944. The summed E-state index contributed by atoms with van der Waals surface area (Å²) >= 11 is 0. The molecule has 2 fully saturated rings. The van der Waals surface area contributed by atoms with Crippen LogP contribution in [0.5, 0.6) is 0 Å². The third-order valence-corrected chi connectivity index (χ3v) is 5.74. The molecule has 0 radical (unpaired) electrons. The Balaban J connectivity index is 0.00000338. The standard InChI is InChI=1S/C18H37N5O2.HI/c1-17(2,23-8-12-25-13-9-23)14-20-16(19-3)21-15-18(22(4)5)6-10-24-11-7-18;/h6-15H2,1-5H3,(H2,19,20,21);1H. The monoisotopic (exact) mass is 483 g/mol. The maximum absolute atomic E-state index is 5.55. The second kappa shape index (κ2) is 11.0. The van der Waals surface area contributed by atoms with Gasteiger partial charge in [0.2, 0.25) is 0 Å². The predicted molar refractivity (Wildman–Crippen MR) is 118 cm³/mol. The third kappa shape index (κ3) is 6.47. The number of nitrogens with one attached hydrogen (secondary N) is 2. The summed E-state index contributed by atoms with van der Waals surface area (Å²) in [5, 5.41) is 7.04. The molecule has 2 aliphatic heterocycles. The Labute approximate surface area is 176 Å². The molecule has 2 N–H and O–H groups in total. The number of halogens is 1. The fourth-order valence-corrected chi connectivity index (χ4v) is 3.58. The van der Waals surface area contributed by atoms with Crippen LogP contribution < -0.4 is 10.6 Å². The molecule has 0 amide bonds. The van der Waals surface area contributed by atoms with Crippen molar-refractivity contribution in [2.24, 2.45) is 4.99 Å². The van der Waals surface area contributed by atoms with Crippen molar-refractivity contribution in [3.63, 3.8) is 0 Å². The average molecular weight is 483 g/mol. The van der Waals surface area contributed by atoms with E-state index in [2.05, 4.69) is 53.4 Å². The number of hydrogen-bond donors (Lipinski definition) is 2. The van der Waals surface area contributed by atoms with Gasteiger partial charge in [-0.3, -0.25) is 9.89 Å². The molecule has 0 saturated carbocycles. The SMILES string of the molecule is CN=C(NCC(C)(C)N1CCOCC1)NCC1(N(C)C)CCOCC1.I. The van der Waals surface area contributed by atoms with Gasteiger partial charge in [-0.2, -0.15) is 0 Å². The van der Waals surface area contributed by atoms with E-state index in [1.807, 2.05) is 7.05 Å². The summed E-state index contributed by atoms with van der Waals surface area (Å²) < 4.78 is 11.0. The molecule has 0 atom stereocenters. The van der Waals surface area contributed by atoms with Gasteiger partial charge in [-0.1, -0.05) is 0 Å². The lowest BCUT2D eigenvalue weighted by Crippen LogP contribution is -2.59. The molecule has 0 aromatic heterocycles. The second-order valence-corrected chi connectivity index (χ2v) is 7.92. The van der Waals surface area contributed by atoms with Gasteiger partial charge in [-0.05, 0) is 40.8 Å². The maximum atomic E-state index is 5.55. The van der Waals surface area contributed by atoms with E-state index in [0.29, 0.717) is 0 Å². The Bertz CT molecular complexity index is 433. The molecule has 0 aromatic carbocycles. The topological polar surface area (TPSA) is 61.4 Å². The van der Waals surface area contributed by atoms with Gasteiger partial charge in [0.1, 0.15) is 0 Å². The minimum absolute atomic E-state index is 0. The van der Waals surface area contributed by atoms with Crippen molar-refractivity contribution >= 4 is 29.9 Å². The van der Waals surface area contributed by atoms with Crippen LogP contribution >= 0.6 is 24.0 Å². The van der Waals surface area contributed by atoms with Gasteiger partial charge in [-0.15, -0.1) is 24.0 Å². The molecule has 2 saturated heterocycles. The van der Waals surface area contributed by atoms with E-state index in [1.165, 1.54) is 0 Å². The summed E-state index contributed by atoms with van der Waals surface area (Å²) in [6.45, 7) is 11.6. The molecule has 0 bridgehead atoms. The van der Waals surface area contributed by atoms with Crippen molar-refractivity contribution in [1.82, 2.24) is 20.4 Å². The Hall–Kier alpha value is -0.160. The molecule has 2 heterocycles. The van der Waals surface area contributed by atoms with E-state index in [-0.39, 0.29) is 35.1 Å². The van der Waals surface area contributed by atoms with Gasteiger partial charge in [-0.25, -0.2) is 0 Å². The molecule has 0 spiro atoms. The van der Waals surface area contributed by atoms with Crippen molar-refractivity contribution < 1.29 is 9.47 Å². The van der Waals surface area contributed by atoms with Crippen LogP contribution in [0.15, 0.2) is 4.99 Å². The highest BCUT2D eigenvalue weighted by atomic mass is 127. The lowest BCUT2D eigenvalue weighted by molar-refractivity contribution is -0.00881. The summed E-state index contributed by atoms with van der Waals surface area (Å²) in [5.41, 5.74) is 0.203. The zero-order chi connectivity index (χ0) is 18.3. The smallest absolute Gasteiger partial charge is 0.191 e. The van der Waals surface area contributed by atoms with Crippen LogP contribution in [0.4, 0.5) is 0 Å². The van der Waals surface area contributed by atoms with Gasteiger partial charge in [0.25, 0.3) is 0 Å². The highest BCUT2D eigenvalue weighted by molar-refractivity contribution is 14.0. The minimum atomic E-state index is 0. The molecule has 2 aliphatic rings. The third-order valence-electron chi connectivity index (χ3n) is 5.74. The average Bonchev–Trinajstić information content (AvgIpc) is 2.63. The number of likely N-dealkylation sites (N-methyl/N-ethyl adjacent to an activating group) is 1. The van der Waals surface area contributed by atoms with Crippen LogP contribution in [0.2, 0.25) is 0 Å². The van der Waals surface area contributed by atoms with Crippen LogP contribution in [0, 0.1) is 0 Å². The first kappa shape index (κ1) is 23.9. The summed E-state index contributed by atoms with van der Waals surface area (Å²) in [5.74, 6) is 0.869. The van der Waals surface area contributed by atoms with Crippen LogP contribution in [0.25, 0.3) is 0 Å². The molecular weight excluding hydrogens is 445 g/mol. The van der Waals surface area contributed by atoms with E-state index in [4.69, 9.17) is 9.47 Å². The van der Waals surface area contributed by atoms with Crippen LogP contribution in [-0.4, -0.2) is 101 Å². The van der Waals surface area contributed by atoms with E-state index < -0.39 is 0 Å². The summed E-state index contributed by atoms with van der Waals surface area (Å²) in [7, 11) is 6.15. The number of hydrogen-bond acceptors (Lipinski definition) is 5. The highest BCUT2D eigenvalue weighted by Gasteiger charge is 2.35. The maximum Gasteiger partial charge on any atom is 0.191 e. The minimum Gasteiger partial charge on any atom is -0.381 e. The number of ether oxygens (including phenoxy) is 2. The van der Waals surface area contributed by atoms with Crippen LogP contribution in [0.3, 0.4) is 0 Å². The van der Waals surface area contributed by atoms with Gasteiger partial charge in [0.05, 0.1) is 13.2 Å². The summed E-state index contributed by atoms with van der Waals surface area (Å²) in [6, 6.07) is 0. The van der Waals surface area contributed by atoms with Gasteiger partial charge in [0.15, 0.2) is 5.96 Å². The van der Waals surface area contributed by atoms with Crippen LogP contribution in [-0.2, 0) is 9.47 Å². The number of nitrogens with zero attached hydrogens (tertiary/aromatic N) is 3. The van der Waals surface area contributed by atoms with Crippen molar-refractivity contribution in [2.45, 2.75) is 37.8 Å². The van der Waals surface area contributed by atoms with E-state index >= 15 is 0 Å². The first-order chi connectivity index (χ1) is 11.9. The van der Waals surface area contributed by atoms with Crippen LogP contribution in [0.1, 0.15) is 26.7 Å². The zero-order valence-corrected chi connectivity index (χ0v) is 19.5. The highest BCUT2D eigenvalue weighted by Crippen LogP contribution is 2.25. The van der Waals surface area contributed by atoms with E-state index in [0.717, 1.165) is 71.4 Å². The summed E-state index contributed by atoms with van der Waals surface area (Å²) in [6.07, 6.45) is 2.09. The molecule has 2 rings (SSSR count). The molecule has 154 valence electrons.